The molecule has 0 saturated heterocycles. The van der Waals surface area contributed by atoms with Gasteiger partial charge in [-0.3, -0.25) is 0 Å². The first kappa shape index (κ1) is 15.7. The Bertz CT molecular complexity index is 586. The highest BCUT2D eigenvalue weighted by molar-refractivity contribution is 9.11. The van der Waals surface area contributed by atoms with E-state index in [0.29, 0.717) is 5.56 Å². The van der Waals surface area contributed by atoms with Crippen LogP contribution in [0.15, 0.2) is 51.4 Å². The Morgan fingerprint density at radius 3 is 2.55 bits per heavy atom. The van der Waals surface area contributed by atoms with Crippen molar-refractivity contribution in [2.75, 3.05) is 6.54 Å². The zero-order chi connectivity index (χ0) is 14.5. The molecule has 0 heterocycles. The number of benzene rings is 2. The van der Waals surface area contributed by atoms with E-state index in [4.69, 9.17) is 0 Å². The van der Waals surface area contributed by atoms with E-state index in [1.807, 2.05) is 30.3 Å². The molecule has 0 aromatic heterocycles. The summed E-state index contributed by atoms with van der Waals surface area (Å²) < 4.78 is 16.1. The van der Waals surface area contributed by atoms with Gasteiger partial charge in [0.25, 0.3) is 0 Å². The van der Waals surface area contributed by atoms with Gasteiger partial charge in [0.1, 0.15) is 5.82 Å². The third kappa shape index (κ3) is 3.68. The fourth-order valence-corrected chi connectivity index (χ4v) is 2.98. The number of rotatable bonds is 5. The maximum Gasteiger partial charge on any atom is 0.128 e. The van der Waals surface area contributed by atoms with Crippen molar-refractivity contribution in [2.24, 2.45) is 0 Å². The third-order valence-electron chi connectivity index (χ3n) is 3.08. The molecule has 0 fully saturated rings. The Balaban J connectivity index is 2.47. The van der Waals surface area contributed by atoms with Crippen LogP contribution in [0, 0.1) is 5.82 Å². The summed E-state index contributed by atoms with van der Waals surface area (Å²) in [5.74, 6) is -0.187. The van der Waals surface area contributed by atoms with Crippen molar-refractivity contribution in [1.82, 2.24) is 5.32 Å². The van der Waals surface area contributed by atoms with Gasteiger partial charge >= 0.3 is 0 Å². The standard InChI is InChI=1S/C16H16Br2FN/c1-2-9-20-16(12-5-3-4-6-15(12)19)13-10-11(17)7-8-14(13)18/h3-8,10,16,20H,2,9H2,1H3. The molecule has 2 aromatic carbocycles. The summed E-state index contributed by atoms with van der Waals surface area (Å²) in [6.07, 6.45) is 0.997. The molecular weight excluding hydrogens is 385 g/mol. The van der Waals surface area contributed by atoms with Gasteiger partial charge in [-0.05, 0) is 42.8 Å². The molecule has 0 aliphatic carbocycles. The summed E-state index contributed by atoms with van der Waals surface area (Å²) in [7, 11) is 0. The van der Waals surface area contributed by atoms with Gasteiger partial charge in [-0.15, -0.1) is 0 Å². The quantitative estimate of drug-likeness (QED) is 0.704. The number of hydrogen-bond acceptors (Lipinski definition) is 1. The zero-order valence-electron chi connectivity index (χ0n) is 11.2. The summed E-state index contributed by atoms with van der Waals surface area (Å²) in [5.41, 5.74) is 1.69. The first-order valence-corrected chi connectivity index (χ1v) is 8.15. The van der Waals surface area contributed by atoms with Gasteiger partial charge < -0.3 is 5.32 Å². The fourth-order valence-electron chi connectivity index (χ4n) is 2.12. The van der Waals surface area contributed by atoms with Crippen molar-refractivity contribution in [1.29, 1.82) is 0 Å². The van der Waals surface area contributed by atoms with Crippen molar-refractivity contribution < 1.29 is 4.39 Å². The summed E-state index contributed by atoms with van der Waals surface area (Å²) in [6.45, 7) is 2.93. The van der Waals surface area contributed by atoms with Crippen molar-refractivity contribution in [3.05, 3.63) is 68.4 Å². The maximum absolute atomic E-state index is 14.1. The first-order chi connectivity index (χ1) is 9.63. The lowest BCUT2D eigenvalue weighted by molar-refractivity contribution is 0.545. The van der Waals surface area contributed by atoms with Gasteiger partial charge in [-0.2, -0.15) is 0 Å². The molecule has 0 bridgehead atoms. The highest BCUT2D eigenvalue weighted by Gasteiger charge is 2.19. The minimum atomic E-state index is -0.187. The average molecular weight is 401 g/mol. The predicted octanol–water partition coefficient (Wildman–Crippen LogP) is 5.44. The van der Waals surface area contributed by atoms with Gasteiger partial charge in [-0.25, -0.2) is 4.39 Å². The van der Waals surface area contributed by atoms with Crippen LogP contribution in [-0.2, 0) is 0 Å². The highest BCUT2D eigenvalue weighted by atomic mass is 79.9. The van der Waals surface area contributed by atoms with Gasteiger partial charge in [0.05, 0.1) is 6.04 Å². The lowest BCUT2D eigenvalue weighted by Gasteiger charge is -2.21. The van der Waals surface area contributed by atoms with Crippen molar-refractivity contribution in [3.8, 4) is 0 Å². The Labute approximate surface area is 135 Å². The van der Waals surface area contributed by atoms with Crippen molar-refractivity contribution >= 4 is 31.9 Å². The SMILES string of the molecule is CCCNC(c1ccccc1F)c1cc(Br)ccc1Br. The molecule has 0 aliphatic rings. The van der Waals surface area contributed by atoms with E-state index in [1.54, 1.807) is 6.07 Å². The molecule has 1 unspecified atom stereocenters. The second kappa shape index (κ2) is 7.34. The molecule has 20 heavy (non-hydrogen) atoms. The number of hydrogen-bond donors (Lipinski definition) is 1. The normalized spacial score (nSPS) is 12.4. The lowest BCUT2D eigenvalue weighted by Crippen LogP contribution is -2.24. The molecule has 0 aliphatic heterocycles. The maximum atomic E-state index is 14.1. The summed E-state index contributed by atoms with van der Waals surface area (Å²) in [5, 5.41) is 3.42. The highest BCUT2D eigenvalue weighted by Crippen LogP contribution is 2.32. The molecular formula is C16H16Br2FN. The monoisotopic (exact) mass is 399 g/mol. The van der Waals surface area contributed by atoms with E-state index < -0.39 is 0 Å². The van der Waals surface area contributed by atoms with Crippen LogP contribution in [0.3, 0.4) is 0 Å². The smallest absolute Gasteiger partial charge is 0.128 e. The van der Waals surface area contributed by atoms with E-state index in [1.165, 1.54) is 6.07 Å². The van der Waals surface area contributed by atoms with Crippen LogP contribution in [0.25, 0.3) is 0 Å². The minimum Gasteiger partial charge on any atom is -0.306 e. The molecule has 106 valence electrons. The first-order valence-electron chi connectivity index (χ1n) is 6.56. The van der Waals surface area contributed by atoms with E-state index in [2.05, 4.69) is 44.1 Å². The predicted molar refractivity (Wildman–Crippen MR) is 88.4 cm³/mol. The average Bonchev–Trinajstić information content (AvgIpc) is 2.44. The van der Waals surface area contributed by atoms with Crippen LogP contribution in [0.4, 0.5) is 4.39 Å². The number of halogens is 3. The topological polar surface area (TPSA) is 12.0 Å². The Hall–Kier alpha value is -0.710. The van der Waals surface area contributed by atoms with E-state index in [-0.39, 0.29) is 11.9 Å². The van der Waals surface area contributed by atoms with Crippen molar-refractivity contribution in [3.63, 3.8) is 0 Å². The summed E-state index contributed by atoms with van der Waals surface area (Å²) in [6, 6.07) is 12.7. The van der Waals surface area contributed by atoms with Gasteiger partial charge in [-0.1, -0.05) is 57.0 Å². The lowest BCUT2D eigenvalue weighted by atomic mass is 9.98. The van der Waals surface area contributed by atoms with E-state index in [0.717, 1.165) is 27.5 Å². The molecule has 0 spiro atoms. The van der Waals surface area contributed by atoms with Crippen LogP contribution < -0.4 is 5.32 Å². The zero-order valence-corrected chi connectivity index (χ0v) is 14.3. The molecule has 2 rings (SSSR count). The van der Waals surface area contributed by atoms with Gasteiger partial charge in [0, 0.05) is 14.5 Å². The largest absolute Gasteiger partial charge is 0.306 e. The minimum absolute atomic E-state index is 0.164. The van der Waals surface area contributed by atoms with Crippen molar-refractivity contribution in [2.45, 2.75) is 19.4 Å². The van der Waals surface area contributed by atoms with Gasteiger partial charge in [0.15, 0.2) is 0 Å². The van der Waals surface area contributed by atoms with Crippen LogP contribution in [0.2, 0.25) is 0 Å². The van der Waals surface area contributed by atoms with Crippen LogP contribution in [0.1, 0.15) is 30.5 Å². The molecule has 0 radical (unpaired) electrons. The number of nitrogens with one attached hydrogen (secondary N) is 1. The molecule has 1 atom stereocenters. The third-order valence-corrected chi connectivity index (χ3v) is 4.30. The fraction of sp³-hybridized carbons (Fsp3) is 0.250. The molecule has 0 amide bonds. The van der Waals surface area contributed by atoms with Crippen LogP contribution in [0.5, 0.6) is 0 Å². The Morgan fingerprint density at radius 2 is 1.85 bits per heavy atom. The molecule has 2 aromatic rings. The van der Waals surface area contributed by atoms with Crippen LogP contribution >= 0.6 is 31.9 Å². The molecule has 1 N–H and O–H groups in total. The second-order valence-electron chi connectivity index (χ2n) is 4.57. The Morgan fingerprint density at radius 1 is 1.10 bits per heavy atom. The second-order valence-corrected chi connectivity index (χ2v) is 6.34. The summed E-state index contributed by atoms with van der Waals surface area (Å²) >= 11 is 7.04. The van der Waals surface area contributed by atoms with Gasteiger partial charge in [0.2, 0.25) is 0 Å². The van der Waals surface area contributed by atoms with E-state index in [9.17, 15) is 4.39 Å². The molecule has 1 nitrogen and oxygen atoms in total. The molecule has 0 saturated carbocycles. The van der Waals surface area contributed by atoms with Crippen LogP contribution in [-0.4, -0.2) is 6.54 Å². The van der Waals surface area contributed by atoms with E-state index >= 15 is 0 Å². The molecule has 4 heteroatoms. The Kier molecular flexibility index (Phi) is 5.75. The summed E-state index contributed by atoms with van der Waals surface area (Å²) in [4.78, 5) is 0.